The largest absolute Gasteiger partial charge is 0.480 e. The predicted octanol–water partition coefficient (Wildman–Crippen LogP) is 4.19. The first-order valence-corrected chi connectivity index (χ1v) is 8.19. The topological polar surface area (TPSA) is 29.5 Å². The Hall–Kier alpha value is -1.81. The van der Waals surface area contributed by atoms with Gasteiger partial charge in [0.15, 0.2) is 6.10 Å². The maximum absolute atomic E-state index is 12.8. The fourth-order valence-electron chi connectivity index (χ4n) is 2.88. The van der Waals surface area contributed by atoms with E-state index in [1.807, 2.05) is 47.4 Å². The number of rotatable bonds is 3. The van der Waals surface area contributed by atoms with Gasteiger partial charge in [-0.3, -0.25) is 4.79 Å². The third kappa shape index (κ3) is 2.75. The van der Waals surface area contributed by atoms with E-state index in [-0.39, 0.29) is 11.9 Å². The highest BCUT2D eigenvalue weighted by atomic mass is 79.9. The van der Waals surface area contributed by atoms with E-state index >= 15 is 0 Å². The number of para-hydroxylation sites is 2. The van der Waals surface area contributed by atoms with E-state index in [1.54, 1.807) is 6.92 Å². The number of anilines is 1. The van der Waals surface area contributed by atoms with Crippen LogP contribution in [0.25, 0.3) is 0 Å². The normalized spacial score (nSPS) is 18.0. The van der Waals surface area contributed by atoms with Gasteiger partial charge in [-0.05, 0) is 60.0 Å². The van der Waals surface area contributed by atoms with Gasteiger partial charge < -0.3 is 9.64 Å². The Morgan fingerprint density at radius 3 is 2.68 bits per heavy atom. The van der Waals surface area contributed by atoms with Crippen LogP contribution in [0.3, 0.4) is 0 Å². The molecule has 2 atom stereocenters. The number of ether oxygens (including phenoxy) is 1. The summed E-state index contributed by atoms with van der Waals surface area (Å²) in [7, 11) is 0. The molecular weight excluding hydrogens is 342 g/mol. The van der Waals surface area contributed by atoms with E-state index in [1.165, 1.54) is 5.56 Å². The Bertz CT molecular complexity index is 701. The van der Waals surface area contributed by atoms with Crippen LogP contribution in [0.1, 0.15) is 19.4 Å². The van der Waals surface area contributed by atoms with Crippen molar-refractivity contribution in [3.05, 3.63) is 58.6 Å². The number of nitrogens with zero attached hydrogens (tertiary/aromatic N) is 1. The Morgan fingerprint density at radius 1 is 1.23 bits per heavy atom. The Balaban J connectivity index is 1.81. The average molecular weight is 360 g/mol. The molecule has 0 fully saturated rings. The quantitative estimate of drug-likeness (QED) is 0.821. The molecule has 0 aliphatic carbocycles. The number of carbonyl (C=O) groups is 1. The molecular formula is C18H18BrNO2. The summed E-state index contributed by atoms with van der Waals surface area (Å²) in [5.74, 6) is 0.677. The van der Waals surface area contributed by atoms with Crippen molar-refractivity contribution >= 4 is 27.5 Å². The van der Waals surface area contributed by atoms with Crippen molar-refractivity contribution in [1.29, 1.82) is 0 Å². The number of carbonyl (C=O) groups excluding carboxylic acids is 1. The minimum Gasteiger partial charge on any atom is -0.480 e. The standard InChI is InChI=1S/C18H18BrNO2/c1-12-11-14-7-3-5-9-16(14)20(12)18(21)13(2)22-17-10-6-4-8-15(17)19/h3-10,12-13H,11H2,1-2H3. The molecule has 0 saturated carbocycles. The fourth-order valence-corrected chi connectivity index (χ4v) is 3.26. The van der Waals surface area contributed by atoms with Gasteiger partial charge >= 0.3 is 0 Å². The number of halogens is 1. The van der Waals surface area contributed by atoms with Crippen LogP contribution in [0.15, 0.2) is 53.0 Å². The van der Waals surface area contributed by atoms with E-state index in [0.717, 1.165) is 16.6 Å². The van der Waals surface area contributed by atoms with Crippen LogP contribution in [0, 0.1) is 0 Å². The lowest BCUT2D eigenvalue weighted by Gasteiger charge is -2.26. The first-order valence-electron chi connectivity index (χ1n) is 7.40. The molecule has 0 bridgehead atoms. The Kier molecular flexibility index (Phi) is 4.21. The van der Waals surface area contributed by atoms with Crippen LogP contribution in [0.4, 0.5) is 5.69 Å². The van der Waals surface area contributed by atoms with Gasteiger partial charge in [-0.2, -0.15) is 0 Å². The summed E-state index contributed by atoms with van der Waals surface area (Å²) in [5.41, 5.74) is 2.22. The monoisotopic (exact) mass is 359 g/mol. The van der Waals surface area contributed by atoms with E-state index in [0.29, 0.717) is 5.75 Å². The number of hydrogen-bond donors (Lipinski definition) is 0. The second-order valence-electron chi connectivity index (χ2n) is 5.58. The molecule has 0 N–H and O–H groups in total. The zero-order valence-electron chi connectivity index (χ0n) is 12.6. The van der Waals surface area contributed by atoms with Crippen molar-refractivity contribution in [1.82, 2.24) is 0 Å². The molecule has 22 heavy (non-hydrogen) atoms. The molecule has 0 radical (unpaired) electrons. The maximum atomic E-state index is 12.8. The second kappa shape index (κ2) is 6.13. The molecule has 4 heteroatoms. The predicted molar refractivity (Wildman–Crippen MR) is 91.3 cm³/mol. The van der Waals surface area contributed by atoms with Crippen LogP contribution < -0.4 is 9.64 Å². The number of fused-ring (bicyclic) bond motifs is 1. The van der Waals surface area contributed by atoms with Crippen LogP contribution in [0.5, 0.6) is 5.75 Å². The molecule has 1 aliphatic heterocycles. The van der Waals surface area contributed by atoms with Crippen LogP contribution in [-0.4, -0.2) is 18.1 Å². The van der Waals surface area contributed by atoms with Gasteiger partial charge in [-0.15, -0.1) is 0 Å². The van der Waals surface area contributed by atoms with Crippen LogP contribution in [0.2, 0.25) is 0 Å². The minimum atomic E-state index is -0.535. The zero-order chi connectivity index (χ0) is 15.7. The lowest BCUT2D eigenvalue weighted by molar-refractivity contribution is -0.124. The Morgan fingerprint density at radius 2 is 1.91 bits per heavy atom. The first-order chi connectivity index (χ1) is 10.6. The van der Waals surface area contributed by atoms with Gasteiger partial charge in [-0.1, -0.05) is 30.3 Å². The van der Waals surface area contributed by atoms with Crippen molar-refractivity contribution in [2.45, 2.75) is 32.4 Å². The fraction of sp³-hybridized carbons (Fsp3) is 0.278. The molecule has 2 unspecified atom stereocenters. The molecule has 1 heterocycles. The van der Waals surface area contributed by atoms with Crippen LogP contribution >= 0.6 is 15.9 Å². The minimum absolute atomic E-state index is 0.00629. The van der Waals surface area contributed by atoms with E-state index in [2.05, 4.69) is 28.9 Å². The summed E-state index contributed by atoms with van der Waals surface area (Å²) < 4.78 is 6.70. The van der Waals surface area contributed by atoms with E-state index < -0.39 is 6.10 Å². The number of amides is 1. The molecule has 3 rings (SSSR count). The molecule has 0 spiro atoms. The molecule has 2 aromatic rings. The third-order valence-electron chi connectivity index (χ3n) is 3.93. The van der Waals surface area contributed by atoms with Gasteiger partial charge in [-0.25, -0.2) is 0 Å². The lowest BCUT2D eigenvalue weighted by Crippen LogP contribution is -2.43. The summed E-state index contributed by atoms with van der Waals surface area (Å²) in [6.45, 7) is 3.87. The summed E-state index contributed by atoms with van der Waals surface area (Å²) >= 11 is 3.45. The van der Waals surface area contributed by atoms with Crippen molar-refractivity contribution in [3.63, 3.8) is 0 Å². The van der Waals surface area contributed by atoms with Gasteiger partial charge in [0.25, 0.3) is 5.91 Å². The van der Waals surface area contributed by atoms with Gasteiger partial charge in [0, 0.05) is 11.7 Å². The molecule has 0 saturated heterocycles. The lowest BCUT2D eigenvalue weighted by atomic mass is 10.1. The smallest absolute Gasteiger partial charge is 0.268 e. The summed E-state index contributed by atoms with van der Waals surface area (Å²) in [6.07, 6.45) is 0.358. The third-order valence-corrected chi connectivity index (χ3v) is 4.59. The molecule has 0 aromatic heterocycles. The first kappa shape index (κ1) is 15.1. The van der Waals surface area contributed by atoms with Crippen molar-refractivity contribution in [3.8, 4) is 5.75 Å². The van der Waals surface area contributed by atoms with E-state index in [4.69, 9.17) is 4.74 Å². The van der Waals surface area contributed by atoms with Gasteiger partial charge in [0.05, 0.1) is 4.47 Å². The van der Waals surface area contributed by atoms with Crippen molar-refractivity contribution in [2.24, 2.45) is 0 Å². The zero-order valence-corrected chi connectivity index (χ0v) is 14.2. The van der Waals surface area contributed by atoms with Gasteiger partial charge in [0.2, 0.25) is 0 Å². The van der Waals surface area contributed by atoms with E-state index in [9.17, 15) is 4.79 Å². The molecule has 114 valence electrons. The van der Waals surface area contributed by atoms with Gasteiger partial charge in [0.1, 0.15) is 5.75 Å². The SMILES string of the molecule is CC(Oc1ccccc1Br)C(=O)N1c2ccccc2CC1C. The highest BCUT2D eigenvalue weighted by Crippen LogP contribution is 2.33. The molecule has 2 aromatic carbocycles. The molecule has 1 aliphatic rings. The Labute approximate surface area is 139 Å². The maximum Gasteiger partial charge on any atom is 0.268 e. The molecule has 1 amide bonds. The number of hydrogen-bond acceptors (Lipinski definition) is 2. The second-order valence-corrected chi connectivity index (χ2v) is 6.43. The average Bonchev–Trinajstić information content (AvgIpc) is 2.84. The highest BCUT2D eigenvalue weighted by Gasteiger charge is 2.33. The number of benzene rings is 2. The summed E-state index contributed by atoms with van der Waals surface area (Å²) in [4.78, 5) is 14.7. The van der Waals surface area contributed by atoms with Crippen molar-refractivity contribution < 1.29 is 9.53 Å². The molecule has 3 nitrogen and oxygen atoms in total. The summed E-state index contributed by atoms with van der Waals surface area (Å²) in [5, 5.41) is 0. The summed E-state index contributed by atoms with van der Waals surface area (Å²) in [6, 6.07) is 15.8. The van der Waals surface area contributed by atoms with Crippen molar-refractivity contribution in [2.75, 3.05) is 4.90 Å². The van der Waals surface area contributed by atoms with Crippen LogP contribution in [-0.2, 0) is 11.2 Å². The highest BCUT2D eigenvalue weighted by molar-refractivity contribution is 9.10.